The van der Waals surface area contributed by atoms with Gasteiger partial charge in [-0.2, -0.15) is 4.98 Å². The number of aromatic nitrogens is 2. The summed E-state index contributed by atoms with van der Waals surface area (Å²) in [5, 5.41) is 18.6. The third-order valence-electron chi connectivity index (χ3n) is 3.98. The quantitative estimate of drug-likeness (QED) is 0.279. The van der Waals surface area contributed by atoms with Crippen LogP contribution in [0.2, 0.25) is 5.02 Å². The van der Waals surface area contributed by atoms with E-state index in [1.165, 1.54) is 6.20 Å². The molecule has 3 rings (SSSR count). The first-order chi connectivity index (χ1) is 15.0. The van der Waals surface area contributed by atoms with Crippen LogP contribution in [0.5, 0.6) is 11.5 Å². The smallest absolute Gasteiger partial charge is 0.229 e. The largest absolute Gasteiger partial charge is 0.495 e. The standard InChI is InChI=1S/C20H23ClN5O4P/c1-29-18-8-7-13(30-10-9-27)11-17(18)24-20-22-12-14(21)19(25-20)23-15-5-3-4-6-16(15)26-31(2)28/h3-8,11-12,26-28H,9-10H2,1-2H3,(H2,22,23,24,25). The maximum atomic E-state index is 9.71. The van der Waals surface area contributed by atoms with E-state index >= 15 is 0 Å². The van der Waals surface area contributed by atoms with Gasteiger partial charge in [0.2, 0.25) is 5.95 Å². The summed E-state index contributed by atoms with van der Waals surface area (Å²) in [6.07, 6.45) is 1.48. The van der Waals surface area contributed by atoms with Gasteiger partial charge in [-0.05, 0) is 30.9 Å². The summed E-state index contributed by atoms with van der Waals surface area (Å²) in [7, 11) is 0.216. The van der Waals surface area contributed by atoms with E-state index in [9.17, 15) is 4.89 Å². The van der Waals surface area contributed by atoms with Gasteiger partial charge in [-0.15, -0.1) is 0 Å². The fraction of sp³-hybridized carbons (Fsp3) is 0.200. The molecule has 31 heavy (non-hydrogen) atoms. The highest BCUT2D eigenvalue weighted by Gasteiger charge is 2.12. The van der Waals surface area contributed by atoms with E-state index in [0.29, 0.717) is 33.7 Å². The zero-order valence-electron chi connectivity index (χ0n) is 17.0. The molecule has 164 valence electrons. The Bertz CT molecular complexity index is 1020. The van der Waals surface area contributed by atoms with Crippen molar-refractivity contribution in [1.29, 1.82) is 0 Å². The van der Waals surface area contributed by atoms with Crippen LogP contribution >= 0.6 is 19.9 Å². The van der Waals surface area contributed by atoms with Crippen molar-refractivity contribution in [3.05, 3.63) is 53.7 Å². The Hall–Kier alpha value is -2.84. The van der Waals surface area contributed by atoms with Gasteiger partial charge >= 0.3 is 0 Å². The zero-order valence-corrected chi connectivity index (χ0v) is 18.6. The Morgan fingerprint density at radius 1 is 1.10 bits per heavy atom. The first kappa shape index (κ1) is 22.8. The van der Waals surface area contributed by atoms with Crippen LogP contribution in [0.15, 0.2) is 48.7 Å². The second kappa shape index (κ2) is 11.0. The number of aliphatic hydroxyl groups excluding tert-OH is 1. The van der Waals surface area contributed by atoms with Crippen molar-refractivity contribution in [3.63, 3.8) is 0 Å². The van der Waals surface area contributed by atoms with Gasteiger partial charge in [-0.25, -0.2) is 4.98 Å². The maximum absolute atomic E-state index is 9.71. The van der Waals surface area contributed by atoms with Crippen molar-refractivity contribution in [1.82, 2.24) is 9.97 Å². The number of nitrogens with one attached hydrogen (secondary N) is 3. The highest BCUT2D eigenvalue weighted by molar-refractivity contribution is 7.52. The SMILES string of the molecule is COc1ccc(OCCO)cc1Nc1ncc(Cl)c(Nc2ccccc2NP(C)O)n1. The second-order valence-electron chi connectivity index (χ2n) is 6.26. The van der Waals surface area contributed by atoms with Gasteiger partial charge in [0.25, 0.3) is 0 Å². The predicted octanol–water partition coefficient (Wildman–Crippen LogP) is 4.34. The number of hydrogen-bond acceptors (Lipinski definition) is 9. The molecule has 1 heterocycles. The lowest BCUT2D eigenvalue weighted by molar-refractivity contribution is 0.201. The molecule has 0 aliphatic carbocycles. The minimum Gasteiger partial charge on any atom is -0.495 e. The number of nitrogens with zero attached hydrogens (tertiary/aromatic N) is 2. The summed E-state index contributed by atoms with van der Waals surface area (Å²) in [6.45, 7) is 1.78. The summed E-state index contributed by atoms with van der Waals surface area (Å²) in [5.74, 6) is 1.80. The van der Waals surface area contributed by atoms with Crippen LogP contribution < -0.4 is 25.2 Å². The van der Waals surface area contributed by atoms with Gasteiger partial charge < -0.3 is 35.2 Å². The average molecular weight is 464 g/mol. The van der Waals surface area contributed by atoms with Crippen LogP contribution in [0, 0.1) is 0 Å². The minimum absolute atomic E-state index is 0.0866. The van der Waals surface area contributed by atoms with Gasteiger partial charge in [0.15, 0.2) is 5.82 Å². The molecule has 0 radical (unpaired) electrons. The lowest BCUT2D eigenvalue weighted by Crippen LogP contribution is -2.05. The predicted molar refractivity (Wildman–Crippen MR) is 124 cm³/mol. The average Bonchev–Trinajstić information content (AvgIpc) is 2.75. The Balaban J connectivity index is 1.85. The molecule has 1 aromatic heterocycles. The van der Waals surface area contributed by atoms with E-state index < -0.39 is 8.30 Å². The molecule has 3 aromatic rings. The van der Waals surface area contributed by atoms with Gasteiger partial charge in [-0.1, -0.05) is 23.7 Å². The van der Waals surface area contributed by atoms with E-state index in [-0.39, 0.29) is 19.2 Å². The van der Waals surface area contributed by atoms with Crippen LogP contribution in [-0.4, -0.2) is 47.0 Å². The molecule has 0 bridgehead atoms. The van der Waals surface area contributed by atoms with Crippen molar-refractivity contribution in [3.8, 4) is 11.5 Å². The molecule has 9 nitrogen and oxygen atoms in total. The van der Waals surface area contributed by atoms with Crippen LogP contribution in [0.1, 0.15) is 0 Å². The molecule has 0 fully saturated rings. The number of halogens is 1. The monoisotopic (exact) mass is 463 g/mol. The number of para-hydroxylation sites is 2. The van der Waals surface area contributed by atoms with Crippen molar-refractivity contribution >= 4 is 48.7 Å². The number of anilines is 5. The minimum atomic E-state index is -1.34. The van der Waals surface area contributed by atoms with Crippen LogP contribution in [0.3, 0.4) is 0 Å². The first-order valence-corrected chi connectivity index (χ1v) is 11.4. The molecule has 0 saturated carbocycles. The maximum Gasteiger partial charge on any atom is 0.229 e. The van der Waals surface area contributed by atoms with Crippen molar-refractivity contribution < 1.29 is 19.5 Å². The van der Waals surface area contributed by atoms with Crippen LogP contribution in [0.25, 0.3) is 0 Å². The summed E-state index contributed by atoms with van der Waals surface area (Å²) in [6, 6.07) is 12.6. The fourth-order valence-electron chi connectivity index (χ4n) is 2.67. The number of hydrogen-bond donors (Lipinski definition) is 5. The van der Waals surface area contributed by atoms with E-state index in [0.717, 1.165) is 5.69 Å². The number of methoxy groups -OCH3 is 1. The molecule has 0 spiro atoms. The van der Waals surface area contributed by atoms with E-state index in [1.54, 1.807) is 32.0 Å². The lowest BCUT2D eigenvalue weighted by Gasteiger charge is -2.16. The van der Waals surface area contributed by atoms with Gasteiger partial charge in [0.1, 0.15) is 31.4 Å². The molecular formula is C20H23ClN5O4P. The molecule has 0 amide bonds. The lowest BCUT2D eigenvalue weighted by atomic mass is 10.2. The topological polar surface area (TPSA) is 121 Å². The van der Waals surface area contributed by atoms with Crippen molar-refractivity contribution in [2.75, 3.05) is 42.7 Å². The first-order valence-electron chi connectivity index (χ1n) is 9.26. The molecule has 11 heteroatoms. The molecule has 0 aliphatic rings. The number of ether oxygens (including phenoxy) is 2. The molecule has 0 saturated heterocycles. The molecule has 0 aliphatic heterocycles. The molecule has 2 aromatic carbocycles. The second-order valence-corrected chi connectivity index (χ2v) is 7.93. The fourth-order valence-corrected chi connectivity index (χ4v) is 3.35. The Morgan fingerprint density at radius 3 is 2.58 bits per heavy atom. The summed E-state index contributed by atoms with van der Waals surface area (Å²) in [5.41, 5.74) is 2.01. The van der Waals surface area contributed by atoms with Crippen molar-refractivity contribution in [2.45, 2.75) is 0 Å². The normalized spacial score (nSPS) is 11.5. The molecular weight excluding hydrogens is 441 g/mol. The molecule has 5 N–H and O–H groups in total. The number of benzene rings is 2. The zero-order chi connectivity index (χ0) is 22.2. The Morgan fingerprint density at radius 2 is 1.87 bits per heavy atom. The molecule has 1 unspecified atom stereocenters. The summed E-state index contributed by atoms with van der Waals surface area (Å²) < 4.78 is 10.8. The highest BCUT2D eigenvalue weighted by Crippen LogP contribution is 2.35. The van der Waals surface area contributed by atoms with Gasteiger partial charge in [0.05, 0.1) is 37.0 Å². The van der Waals surface area contributed by atoms with Crippen molar-refractivity contribution in [2.24, 2.45) is 0 Å². The summed E-state index contributed by atoms with van der Waals surface area (Å²) >= 11 is 6.30. The van der Waals surface area contributed by atoms with Crippen LogP contribution in [-0.2, 0) is 0 Å². The third-order valence-corrected chi connectivity index (χ3v) is 4.83. The van der Waals surface area contributed by atoms with Gasteiger partial charge in [-0.3, -0.25) is 0 Å². The Kier molecular flexibility index (Phi) is 8.08. The van der Waals surface area contributed by atoms with E-state index in [4.69, 9.17) is 26.2 Å². The highest BCUT2D eigenvalue weighted by atomic mass is 35.5. The number of rotatable bonds is 10. The Labute approximate surface area is 186 Å². The van der Waals surface area contributed by atoms with Gasteiger partial charge in [0, 0.05) is 6.07 Å². The van der Waals surface area contributed by atoms with E-state index in [2.05, 4.69) is 25.7 Å². The third kappa shape index (κ3) is 6.32. The van der Waals surface area contributed by atoms with E-state index in [1.807, 2.05) is 24.3 Å². The number of aliphatic hydroxyl groups is 1. The molecule has 1 atom stereocenters. The summed E-state index contributed by atoms with van der Waals surface area (Å²) in [4.78, 5) is 18.4. The van der Waals surface area contributed by atoms with Crippen LogP contribution in [0.4, 0.5) is 28.8 Å².